The molecule has 1 aromatic carbocycles. The minimum absolute atomic E-state index is 0.0122. The van der Waals surface area contributed by atoms with Crippen LogP contribution in [0.2, 0.25) is 0 Å². The highest BCUT2D eigenvalue weighted by atomic mass is 19.2. The second kappa shape index (κ2) is 4.07. The fourth-order valence-electron chi connectivity index (χ4n) is 2.10. The van der Waals surface area contributed by atoms with Gasteiger partial charge in [-0.1, -0.05) is 0 Å². The van der Waals surface area contributed by atoms with Crippen LogP contribution < -0.4 is 5.32 Å². The van der Waals surface area contributed by atoms with E-state index in [1.54, 1.807) is 20.9 Å². The molecule has 1 aromatic heterocycles. The second-order valence-corrected chi connectivity index (χ2v) is 4.08. The van der Waals surface area contributed by atoms with Gasteiger partial charge in [-0.2, -0.15) is 0 Å². The number of hydrogen-bond acceptors (Lipinski definition) is 1. The van der Waals surface area contributed by atoms with Crippen LogP contribution in [0, 0.1) is 24.4 Å². The molecule has 2 N–H and O–H groups in total. The van der Waals surface area contributed by atoms with Gasteiger partial charge in [-0.25, -0.2) is 13.2 Å². The average Bonchev–Trinajstić information content (AvgIpc) is 2.63. The van der Waals surface area contributed by atoms with Crippen LogP contribution in [-0.2, 0) is 0 Å². The van der Waals surface area contributed by atoms with E-state index in [9.17, 15) is 13.2 Å². The Hall–Kier alpha value is -1.49. The van der Waals surface area contributed by atoms with Gasteiger partial charge in [-0.3, -0.25) is 0 Å². The van der Waals surface area contributed by atoms with Gasteiger partial charge < -0.3 is 10.3 Å². The predicted molar refractivity (Wildman–Crippen MR) is 60.4 cm³/mol. The van der Waals surface area contributed by atoms with Crippen molar-refractivity contribution in [2.75, 3.05) is 7.05 Å². The van der Waals surface area contributed by atoms with E-state index < -0.39 is 17.5 Å². The van der Waals surface area contributed by atoms with E-state index in [0.717, 1.165) is 0 Å². The molecule has 0 saturated heterocycles. The summed E-state index contributed by atoms with van der Waals surface area (Å²) in [6, 6.07) is 0.362. The number of rotatable bonds is 2. The van der Waals surface area contributed by atoms with Crippen LogP contribution in [0.5, 0.6) is 0 Å². The first-order valence-corrected chi connectivity index (χ1v) is 5.30. The Morgan fingerprint density at radius 3 is 2.47 bits per heavy atom. The third kappa shape index (κ3) is 1.70. The summed E-state index contributed by atoms with van der Waals surface area (Å²) in [6.07, 6.45) is 0. The number of aromatic nitrogens is 1. The normalized spacial score (nSPS) is 13.3. The lowest BCUT2D eigenvalue weighted by Gasteiger charge is -2.11. The number of hydrogen-bond donors (Lipinski definition) is 2. The molecule has 5 heteroatoms. The van der Waals surface area contributed by atoms with Gasteiger partial charge in [0, 0.05) is 28.8 Å². The minimum Gasteiger partial charge on any atom is -0.356 e. The molecule has 0 aliphatic rings. The third-order valence-electron chi connectivity index (χ3n) is 3.02. The molecule has 17 heavy (non-hydrogen) atoms. The maximum Gasteiger partial charge on any atom is 0.168 e. The number of aryl methyl sites for hydroxylation is 1. The minimum atomic E-state index is -1.17. The smallest absolute Gasteiger partial charge is 0.168 e. The van der Waals surface area contributed by atoms with Crippen LogP contribution in [0.3, 0.4) is 0 Å². The standard InChI is InChI=1S/C12H13F3N2/c1-5(16-3)9-6(2)17-12-8(14)4-7(13)11(15)10(9)12/h4-5,16-17H,1-3H3. The van der Waals surface area contributed by atoms with E-state index in [4.69, 9.17) is 0 Å². The first kappa shape index (κ1) is 12.0. The van der Waals surface area contributed by atoms with Gasteiger partial charge in [-0.05, 0) is 20.9 Å². The molecule has 92 valence electrons. The van der Waals surface area contributed by atoms with Crippen LogP contribution in [-0.4, -0.2) is 12.0 Å². The molecule has 1 atom stereocenters. The van der Waals surface area contributed by atoms with Gasteiger partial charge >= 0.3 is 0 Å². The maximum atomic E-state index is 13.8. The summed E-state index contributed by atoms with van der Waals surface area (Å²) in [5.41, 5.74) is 1.20. The van der Waals surface area contributed by atoms with Crippen LogP contribution in [0.4, 0.5) is 13.2 Å². The molecule has 0 bridgehead atoms. The van der Waals surface area contributed by atoms with Crippen molar-refractivity contribution in [3.05, 3.63) is 34.8 Å². The molecule has 0 aliphatic carbocycles. The fraction of sp³-hybridized carbons (Fsp3) is 0.333. The Morgan fingerprint density at radius 1 is 1.24 bits per heavy atom. The molecule has 0 fully saturated rings. The van der Waals surface area contributed by atoms with Crippen LogP contribution in [0.25, 0.3) is 10.9 Å². The Kier molecular flexibility index (Phi) is 2.87. The quantitative estimate of drug-likeness (QED) is 0.778. The SMILES string of the molecule is CNC(C)c1c(C)[nH]c2c(F)cc(F)c(F)c12. The lowest BCUT2D eigenvalue weighted by atomic mass is 10.0. The van der Waals surface area contributed by atoms with Crippen LogP contribution >= 0.6 is 0 Å². The highest BCUT2D eigenvalue weighted by Gasteiger charge is 2.22. The highest BCUT2D eigenvalue weighted by Crippen LogP contribution is 2.32. The number of aromatic amines is 1. The predicted octanol–water partition coefficient (Wildman–Crippen LogP) is 3.17. The Balaban J connectivity index is 2.89. The zero-order chi connectivity index (χ0) is 12.7. The van der Waals surface area contributed by atoms with Crippen molar-refractivity contribution in [3.8, 4) is 0 Å². The van der Waals surface area contributed by atoms with Gasteiger partial charge in [0.05, 0.1) is 5.52 Å². The van der Waals surface area contributed by atoms with Crippen molar-refractivity contribution in [1.29, 1.82) is 0 Å². The highest BCUT2D eigenvalue weighted by molar-refractivity contribution is 5.86. The molecule has 2 aromatic rings. The summed E-state index contributed by atoms with van der Waals surface area (Å²) in [6.45, 7) is 3.51. The van der Waals surface area contributed by atoms with E-state index in [0.29, 0.717) is 17.3 Å². The van der Waals surface area contributed by atoms with Crippen molar-refractivity contribution in [3.63, 3.8) is 0 Å². The van der Waals surface area contributed by atoms with Crippen LogP contribution in [0.15, 0.2) is 6.07 Å². The molecular formula is C12H13F3N2. The Morgan fingerprint density at radius 2 is 1.88 bits per heavy atom. The number of halogens is 3. The number of benzene rings is 1. The van der Waals surface area contributed by atoms with Gasteiger partial charge in [-0.15, -0.1) is 0 Å². The summed E-state index contributed by atoms with van der Waals surface area (Å²) in [7, 11) is 1.70. The van der Waals surface area contributed by atoms with E-state index in [2.05, 4.69) is 10.3 Å². The van der Waals surface area contributed by atoms with Gasteiger partial charge in [0.15, 0.2) is 11.6 Å². The van der Waals surface area contributed by atoms with Gasteiger partial charge in [0.25, 0.3) is 0 Å². The molecule has 0 aliphatic heterocycles. The molecule has 0 radical (unpaired) electrons. The van der Waals surface area contributed by atoms with Crippen molar-refractivity contribution in [2.24, 2.45) is 0 Å². The van der Waals surface area contributed by atoms with E-state index in [1.165, 1.54) is 0 Å². The topological polar surface area (TPSA) is 27.8 Å². The molecule has 2 nitrogen and oxygen atoms in total. The summed E-state index contributed by atoms with van der Waals surface area (Å²) in [5.74, 6) is -2.96. The number of nitrogens with one attached hydrogen (secondary N) is 2. The van der Waals surface area contributed by atoms with Crippen molar-refractivity contribution in [2.45, 2.75) is 19.9 Å². The van der Waals surface area contributed by atoms with E-state index >= 15 is 0 Å². The van der Waals surface area contributed by atoms with Crippen LogP contribution in [0.1, 0.15) is 24.2 Å². The van der Waals surface area contributed by atoms with Crippen molar-refractivity contribution in [1.82, 2.24) is 10.3 Å². The zero-order valence-corrected chi connectivity index (χ0v) is 9.79. The summed E-state index contributed by atoms with van der Waals surface area (Å²) in [4.78, 5) is 2.76. The first-order valence-electron chi connectivity index (χ1n) is 5.30. The molecule has 0 saturated carbocycles. The summed E-state index contributed by atoms with van der Waals surface area (Å²) in [5, 5.41) is 2.92. The molecule has 1 heterocycles. The molecule has 2 rings (SSSR count). The largest absolute Gasteiger partial charge is 0.356 e. The third-order valence-corrected chi connectivity index (χ3v) is 3.02. The van der Waals surface area contributed by atoms with E-state index in [-0.39, 0.29) is 16.9 Å². The lowest BCUT2D eigenvalue weighted by molar-refractivity contribution is 0.504. The van der Waals surface area contributed by atoms with Gasteiger partial charge in [0.2, 0.25) is 0 Å². The second-order valence-electron chi connectivity index (χ2n) is 4.08. The molecule has 0 amide bonds. The van der Waals surface area contributed by atoms with Crippen molar-refractivity contribution < 1.29 is 13.2 Å². The number of fused-ring (bicyclic) bond motifs is 1. The Bertz CT molecular complexity index is 575. The van der Waals surface area contributed by atoms with Crippen molar-refractivity contribution >= 4 is 10.9 Å². The molecule has 0 spiro atoms. The zero-order valence-electron chi connectivity index (χ0n) is 9.79. The van der Waals surface area contributed by atoms with Gasteiger partial charge in [0.1, 0.15) is 5.82 Å². The number of H-pyrrole nitrogens is 1. The summed E-state index contributed by atoms with van der Waals surface area (Å²) >= 11 is 0. The molecule has 1 unspecified atom stereocenters. The fourth-order valence-corrected chi connectivity index (χ4v) is 2.10. The molecular weight excluding hydrogens is 229 g/mol. The van der Waals surface area contributed by atoms with E-state index in [1.807, 2.05) is 0 Å². The lowest BCUT2D eigenvalue weighted by Crippen LogP contribution is -2.13. The first-order chi connectivity index (χ1) is 7.97. The average molecular weight is 242 g/mol. The maximum absolute atomic E-state index is 13.8. The summed E-state index contributed by atoms with van der Waals surface area (Å²) < 4.78 is 40.5. The Labute approximate surface area is 96.8 Å². The monoisotopic (exact) mass is 242 g/mol.